The molecule has 1 aromatic carbocycles. The Labute approximate surface area is 107 Å². The second-order valence-corrected chi connectivity index (χ2v) is 3.77. The number of carbonyl (C=O) groups is 1. The van der Waals surface area contributed by atoms with E-state index >= 15 is 0 Å². The molecule has 1 unspecified atom stereocenters. The van der Waals surface area contributed by atoms with Crippen molar-refractivity contribution < 1.29 is 14.6 Å². The first-order valence-corrected chi connectivity index (χ1v) is 5.94. The average molecular weight is 246 g/mol. The largest absolute Gasteiger partial charge is 0.450 e. The highest BCUT2D eigenvalue weighted by atomic mass is 16.5. The van der Waals surface area contributed by atoms with Gasteiger partial charge in [-0.25, -0.2) is 4.79 Å². The normalized spacial score (nSPS) is 15.3. The van der Waals surface area contributed by atoms with E-state index in [-0.39, 0.29) is 6.10 Å². The topological polar surface area (TPSA) is 46.5 Å². The molecule has 96 valence electrons. The highest BCUT2D eigenvalue weighted by Crippen LogP contribution is 2.30. The smallest absolute Gasteiger partial charge is 0.331 e. The zero-order valence-corrected chi connectivity index (χ0v) is 10.5. The molecule has 2 rings (SSSR count). The molecule has 0 amide bonds. The fourth-order valence-corrected chi connectivity index (χ4v) is 1.49. The summed E-state index contributed by atoms with van der Waals surface area (Å²) in [6.45, 7) is 5.61. The standard InChI is InChI=1S/C12H10O2.C3H8O/c1-2-12(13)14-11-8-7-9-5-3-4-6-10(9)11;1-2-3-4/h2-8,11H,1H2;4H,2-3H2,1H3. The van der Waals surface area contributed by atoms with Gasteiger partial charge in [-0.2, -0.15) is 0 Å². The van der Waals surface area contributed by atoms with Gasteiger partial charge in [0.2, 0.25) is 0 Å². The zero-order chi connectivity index (χ0) is 13.4. The summed E-state index contributed by atoms with van der Waals surface area (Å²) < 4.78 is 5.14. The van der Waals surface area contributed by atoms with Crippen LogP contribution < -0.4 is 0 Å². The fourth-order valence-electron chi connectivity index (χ4n) is 1.49. The number of carbonyl (C=O) groups excluding carboxylic acids is 1. The summed E-state index contributed by atoms with van der Waals surface area (Å²) in [4.78, 5) is 11.0. The van der Waals surface area contributed by atoms with E-state index in [0.717, 1.165) is 17.5 Å². The third kappa shape index (κ3) is 3.86. The number of benzene rings is 1. The maximum absolute atomic E-state index is 11.0. The molecule has 3 heteroatoms. The molecular formula is C15H18O3. The molecule has 0 aliphatic heterocycles. The van der Waals surface area contributed by atoms with E-state index in [9.17, 15) is 4.79 Å². The van der Waals surface area contributed by atoms with Crippen molar-refractivity contribution in [2.45, 2.75) is 19.4 Å². The molecule has 3 nitrogen and oxygen atoms in total. The highest BCUT2D eigenvalue weighted by Gasteiger charge is 2.18. The van der Waals surface area contributed by atoms with Gasteiger partial charge < -0.3 is 9.84 Å². The van der Waals surface area contributed by atoms with Gasteiger partial charge in [0.25, 0.3) is 0 Å². The molecule has 1 atom stereocenters. The molecule has 1 aliphatic carbocycles. The summed E-state index contributed by atoms with van der Waals surface area (Å²) in [5, 5.41) is 7.88. The van der Waals surface area contributed by atoms with Crippen LogP contribution in [-0.2, 0) is 9.53 Å². The number of hydrogen-bond acceptors (Lipinski definition) is 3. The first-order valence-electron chi connectivity index (χ1n) is 5.94. The summed E-state index contributed by atoms with van der Waals surface area (Å²) in [7, 11) is 0. The van der Waals surface area contributed by atoms with Crippen LogP contribution in [0.3, 0.4) is 0 Å². The Morgan fingerprint density at radius 2 is 2.17 bits per heavy atom. The number of esters is 1. The Morgan fingerprint density at radius 3 is 2.78 bits per heavy atom. The predicted octanol–water partition coefficient (Wildman–Crippen LogP) is 2.87. The average Bonchev–Trinajstić information content (AvgIpc) is 2.82. The maximum Gasteiger partial charge on any atom is 0.331 e. The molecule has 0 saturated carbocycles. The Bertz CT molecular complexity index is 433. The third-order valence-corrected chi connectivity index (χ3v) is 2.39. The van der Waals surface area contributed by atoms with Gasteiger partial charge in [-0.1, -0.05) is 43.8 Å². The molecule has 0 fully saturated rings. The van der Waals surface area contributed by atoms with Crippen LogP contribution in [0.4, 0.5) is 0 Å². The van der Waals surface area contributed by atoms with Crippen molar-refractivity contribution in [3.05, 3.63) is 54.1 Å². The second-order valence-electron chi connectivity index (χ2n) is 3.77. The van der Waals surface area contributed by atoms with Gasteiger partial charge in [-0.05, 0) is 18.1 Å². The molecule has 0 radical (unpaired) electrons. The van der Waals surface area contributed by atoms with Crippen LogP contribution in [0, 0.1) is 0 Å². The van der Waals surface area contributed by atoms with Crippen molar-refractivity contribution in [3.8, 4) is 0 Å². The van der Waals surface area contributed by atoms with Crippen molar-refractivity contribution in [1.29, 1.82) is 0 Å². The Morgan fingerprint density at radius 1 is 1.50 bits per heavy atom. The van der Waals surface area contributed by atoms with Gasteiger partial charge in [0.1, 0.15) is 6.10 Å². The molecule has 0 bridgehead atoms. The van der Waals surface area contributed by atoms with E-state index in [1.54, 1.807) is 0 Å². The van der Waals surface area contributed by atoms with Crippen LogP contribution in [0.25, 0.3) is 6.08 Å². The van der Waals surface area contributed by atoms with E-state index in [2.05, 4.69) is 6.58 Å². The number of aliphatic hydroxyl groups is 1. The summed E-state index contributed by atoms with van der Waals surface area (Å²) >= 11 is 0. The molecule has 0 saturated heterocycles. The SMILES string of the molecule is C=CC(=O)OC1C=Cc2ccccc21.CCCO. The van der Waals surface area contributed by atoms with E-state index in [1.165, 1.54) is 6.08 Å². The van der Waals surface area contributed by atoms with Gasteiger partial charge in [0, 0.05) is 18.2 Å². The van der Waals surface area contributed by atoms with Crippen LogP contribution in [0.1, 0.15) is 30.6 Å². The Balaban J connectivity index is 0.000000357. The van der Waals surface area contributed by atoms with Crippen molar-refractivity contribution in [2.75, 3.05) is 6.61 Å². The van der Waals surface area contributed by atoms with Crippen molar-refractivity contribution >= 4 is 12.0 Å². The maximum atomic E-state index is 11.0. The monoisotopic (exact) mass is 246 g/mol. The van der Waals surface area contributed by atoms with Crippen LogP contribution in [0.2, 0.25) is 0 Å². The fraction of sp³-hybridized carbons (Fsp3) is 0.267. The summed E-state index contributed by atoms with van der Waals surface area (Å²) in [5.74, 6) is -0.392. The summed E-state index contributed by atoms with van der Waals surface area (Å²) in [5.41, 5.74) is 2.14. The number of rotatable bonds is 3. The van der Waals surface area contributed by atoms with E-state index in [1.807, 2.05) is 43.3 Å². The van der Waals surface area contributed by atoms with E-state index in [0.29, 0.717) is 6.61 Å². The second kappa shape index (κ2) is 7.45. The van der Waals surface area contributed by atoms with Gasteiger partial charge in [-0.3, -0.25) is 0 Å². The Kier molecular flexibility index (Phi) is 5.88. The number of fused-ring (bicyclic) bond motifs is 1. The van der Waals surface area contributed by atoms with Crippen LogP contribution in [0.5, 0.6) is 0 Å². The molecule has 0 aromatic heterocycles. The molecule has 1 N–H and O–H groups in total. The van der Waals surface area contributed by atoms with Crippen LogP contribution in [-0.4, -0.2) is 17.7 Å². The minimum atomic E-state index is -0.392. The quantitative estimate of drug-likeness (QED) is 0.659. The van der Waals surface area contributed by atoms with Gasteiger partial charge >= 0.3 is 5.97 Å². The molecule has 1 aliphatic rings. The number of aliphatic hydroxyl groups excluding tert-OH is 1. The predicted molar refractivity (Wildman–Crippen MR) is 71.9 cm³/mol. The lowest BCUT2D eigenvalue weighted by Crippen LogP contribution is -2.05. The first kappa shape index (κ1) is 14.2. The molecule has 18 heavy (non-hydrogen) atoms. The lowest BCUT2D eigenvalue weighted by molar-refractivity contribution is -0.141. The van der Waals surface area contributed by atoms with E-state index in [4.69, 9.17) is 9.84 Å². The van der Waals surface area contributed by atoms with Crippen molar-refractivity contribution in [2.24, 2.45) is 0 Å². The van der Waals surface area contributed by atoms with Gasteiger partial charge in [0.05, 0.1) is 0 Å². The highest BCUT2D eigenvalue weighted by molar-refractivity contribution is 5.82. The molecule has 1 aromatic rings. The minimum Gasteiger partial charge on any atom is -0.450 e. The molecule has 0 spiro atoms. The third-order valence-electron chi connectivity index (χ3n) is 2.39. The first-order chi connectivity index (χ1) is 8.72. The molecular weight excluding hydrogens is 228 g/mol. The summed E-state index contributed by atoms with van der Waals surface area (Å²) in [6, 6.07) is 7.84. The van der Waals surface area contributed by atoms with Crippen molar-refractivity contribution in [1.82, 2.24) is 0 Å². The van der Waals surface area contributed by atoms with Crippen molar-refractivity contribution in [3.63, 3.8) is 0 Å². The van der Waals surface area contributed by atoms with Crippen LogP contribution in [0.15, 0.2) is 43.0 Å². The number of hydrogen-bond donors (Lipinski definition) is 1. The lowest BCUT2D eigenvalue weighted by atomic mass is 10.1. The van der Waals surface area contributed by atoms with Crippen LogP contribution >= 0.6 is 0 Å². The summed E-state index contributed by atoms with van der Waals surface area (Å²) in [6.07, 6.45) is 5.62. The van der Waals surface area contributed by atoms with Gasteiger partial charge in [-0.15, -0.1) is 0 Å². The number of ether oxygens (including phenoxy) is 1. The lowest BCUT2D eigenvalue weighted by Gasteiger charge is -2.10. The zero-order valence-electron chi connectivity index (χ0n) is 10.5. The van der Waals surface area contributed by atoms with E-state index < -0.39 is 5.97 Å². The minimum absolute atomic E-state index is 0.253. The Hall–Kier alpha value is -1.87. The molecule has 0 heterocycles. The van der Waals surface area contributed by atoms with Gasteiger partial charge in [0.15, 0.2) is 0 Å².